The van der Waals surface area contributed by atoms with Gasteiger partial charge in [0.2, 0.25) is 0 Å². The number of aromatic amines is 1. The van der Waals surface area contributed by atoms with Crippen LogP contribution in [0.2, 0.25) is 0 Å². The third-order valence-corrected chi connectivity index (χ3v) is 7.34. The molecule has 0 radical (unpaired) electrons. The lowest BCUT2D eigenvalue weighted by Crippen LogP contribution is -2.43. The maximum absolute atomic E-state index is 10.6. The molecule has 6 rings (SSSR count). The van der Waals surface area contributed by atoms with Crippen LogP contribution in [-0.2, 0) is 17.8 Å². The van der Waals surface area contributed by atoms with Gasteiger partial charge in [-0.25, -0.2) is 4.79 Å². The number of aromatic nitrogens is 2. The number of fused-ring (bicyclic) bond motifs is 3. The predicted molar refractivity (Wildman–Crippen MR) is 158 cm³/mol. The molecule has 2 aliphatic rings. The molecule has 43 heavy (non-hydrogen) atoms. The van der Waals surface area contributed by atoms with Crippen LogP contribution in [0, 0.1) is 11.8 Å². The molecule has 2 N–H and O–H groups in total. The molecule has 0 saturated carbocycles. The van der Waals surface area contributed by atoms with Crippen LogP contribution in [-0.4, -0.2) is 77.1 Å². The van der Waals surface area contributed by atoms with Crippen LogP contribution < -0.4 is 4.74 Å². The van der Waals surface area contributed by atoms with Gasteiger partial charge in [0.15, 0.2) is 0 Å². The summed E-state index contributed by atoms with van der Waals surface area (Å²) in [4.78, 5) is 13.9. The van der Waals surface area contributed by atoms with E-state index in [0.29, 0.717) is 6.61 Å². The Balaban J connectivity index is 0.000000472. The summed E-state index contributed by atoms with van der Waals surface area (Å²) in [7, 11) is 2.20. The van der Waals surface area contributed by atoms with E-state index < -0.39 is 12.1 Å². The van der Waals surface area contributed by atoms with Crippen molar-refractivity contribution in [2.24, 2.45) is 0 Å². The van der Waals surface area contributed by atoms with Crippen LogP contribution in [0.3, 0.4) is 0 Å². The molecule has 222 valence electrons. The number of hydrogen-bond donors (Lipinski definition) is 2. The molecule has 10 heteroatoms. The number of halogens is 3. The number of hydrogen-bond acceptors (Lipinski definition) is 5. The molecule has 1 saturated heterocycles. The summed E-state index contributed by atoms with van der Waals surface area (Å²) in [5.41, 5.74) is 9.57. The van der Waals surface area contributed by atoms with Gasteiger partial charge in [-0.05, 0) is 42.4 Å². The van der Waals surface area contributed by atoms with Crippen molar-refractivity contribution in [3.63, 3.8) is 0 Å². The Bertz CT molecular complexity index is 1630. The van der Waals surface area contributed by atoms with Gasteiger partial charge in [-0.15, -0.1) is 0 Å². The topological polar surface area (TPSA) is 81.7 Å². The Morgan fingerprint density at radius 1 is 1.02 bits per heavy atom. The predicted octanol–water partition coefficient (Wildman–Crippen LogP) is 5.46. The molecule has 1 aliphatic carbocycles. The van der Waals surface area contributed by atoms with Gasteiger partial charge in [0.1, 0.15) is 12.4 Å². The molecular weight excluding hydrogens is 557 g/mol. The molecule has 1 aromatic heterocycles. The van der Waals surface area contributed by atoms with Crippen molar-refractivity contribution in [2.75, 3.05) is 39.8 Å². The lowest BCUT2D eigenvalue weighted by Gasteiger charge is -2.32. The van der Waals surface area contributed by atoms with E-state index in [1.807, 2.05) is 36.4 Å². The third kappa shape index (κ3) is 7.63. The summed E-state index contributed by atoms with van der Waals surface area (Å²) in [6.07, 6.45) is -4.17. The van der Waals surface area contributed by atoms with Gasteiger partial charge in [0, 0.05) is 61.4 Å². The summed E-state index contributed by atoms with van der Waals surface area (Å²) in [5.74, 6) is 4.43. The summed E-state index contributed by atoms with van der Waals surface area (Å²) < 4.78 is 37.4. The average molecular weight is 589 g/mol. The first-order valence-corrected chi connectivity index (χ1v) is 13.8. The average Bonchev–Trinajstić information content (AvgIpc) is 3.56. The summed E-state index contributed by atoms with van der Waals surface area (Å²) >= 11 is 0. The van der Waals surface area contributed by atoms with E-state index in [9.17, 15) is 13.2 Å². The lowest BCUT2D eigenvalue weighted by atomic mass is 10.0. The van der Waals surface area contributed by atoms with E-state index in [1.54, 1.807) is 0 Å². The zero-order valence-electron chi connectivity index (χ0n) is 23.6. The SMILES string of the molecule is CN1CCN(Cc2ccc3c(c2)Cc2c(-c4cccc(C#CCOc5ccccc5)c4)n[nH]c2-3)CC1.O=C(O)C(F)(F)F. The molecular formula is C33H31F3N4O3. The molecule has 0 unspecified atom stereocenters. The number of rotatable bonds is 5. The van der Waals surface area contributed by atoms with Crippen molar-refractivity contribution in [1.82, 2.24) is 20.0 Å². The van der Waals surface area contributed by atoms with E-state index in [4.69, 9.17) is 19.7 Å². The third-order valence-electron chi connectivity index (χ3n) is 7.34. The number of piperazine rings is 1. The number of ether oxygens (including phenoxy) is 1. The van der Waals surface area contributed by atoms with Gasteiger partial charge in [-0.3, -0.25) is 10.00 Å². The molecule has 4 aromatic rings. The van der Waals surface area contributed by atoms with Crippen LogP contribution in [0.5, 0.6) is 5.75 Å². The fourth-order valence-corrected chi connectivity index (χ4v) is 5.11. The highest BCUT2D eigenvalue weighted by molar-refractivity contribution is 5.81. The number of carboxylic acid groups (broad SMARTS) is 1. The van der Waals surface area contributed by atoms with Gasteiger partial charge in [-0.2, -0.15) is 18.3 Å². The number of carbonyl (C=O) groups is 1. The number of nitrogens with zero attached hydrogens (tertiary/aromatic N) is 3. The normalized spacial score (nSPS) is 14.5. The molecule has 0 atom stereocenters. The molecule has 1 aliphatic heterocycles. The van der Waals surface area contributed by atoms with Crippen molar-refractivity contribution in [2.45, 2.75) is 19.1 Å². The molecule has 1 fully saturated rings. The number of H-pyrrole nitrogens is 1. The number of aliphatic carboxylic acids is 1. The quantitative estimate of drug-likeness (QED) is 0.266. The van der Waals surface area contributed by atoms with Crippen LogP contribution in [0.1, 0.15) is 22.3 Å². The minimum Gasteiger partial charge on any atom is -0.481 e. The van der Waals surface area contributed by atoms with Gasteiger partial charge >= 0.3 is 12.1 Å². The highest BCUT2D eigenvalue weighted by Crippen LogP contribution is 2.40. The number of nitrogens with one attached hydrogen (secondary N) is 1. The molecule has 0 amide bonds. The fraction of sp³-hybridized carbons (Fsp3) is 0.273. The van der Waals surface area contributed by atoms with Gasteiger partial charge < -0.3 is 14.7 Å². The standard InChI is InChI=1S/C31H30N4O.C2HF3O2/c1-34-14-16-35(17-15-34)22-24-12-13-28-26(20-24)21-29-30(32-33-31(28)29)25-9-5-7-23(19-25)8-6-18-36-27-10-3-2-4-11-27;3-2(4,5)1(6)7/h2-5,7,9-13,19-20H,14-18,21-22H2,1H3,(H,32,33);(H,6,7). The van der Waals surface area contributed by atoms with Crippen molar-refractivity contribution in [1.29, 1.82) is 0 Å². The van der Waals surface area contributed by atoms with Crippen molar-refractivity contribution in [3.8, 4) is 40.1 Å². The Morgan fingerprint density at radius 2 is 1.77 bits per heavy atom. The van der Waals surface area contributed by atoms with Crippen LogP contribution in [0.25, 0.3) is 22.5 Å². The first-order chi connectivity index (χ1) is 20.7. The van der Waals surface area contributed by atoms with E-state index in [1.165, 1.54) is 22.3 Å². The Morgan fingerprint density at radius 3 is 2.49 bits per heavy atom. The van der Waals surface area contributed by atoms with Crippen molar-refractivity contribution >= 4 is 5.97 Å². The Hall–Kier alpha value is -4.59. The molecule has 7 nitrogen and oxygen atoms in total. The fourth-order valence-electron chi connectivity index (χ4n) is 5.11. The zero-order chi connectivity index (χ0) is 30.4. The van der Waals surface area contributed by atoms with E-state index in [2.05, 4.69) is 70.2 Å². The minimum atomic E-state index is -5.08. The van der Waals surface area contributed by atoms with Gasteiger partial charge in [0.05, 0.1) is 11.4 Å². The number of benzene rings is 3. The summed E-state index contributed by atoms with van der Waals surface area (Å²) in [6, 6.07) is 25.0. The smallest absolute Gasteiger partial charge is 0.481 e. The largest absolute Gasteiger partial charge is 0.490 e. The Labute approximate surface area is 247 Å². The van der Waals surface area contributed by atoms with Crippen LogP contribution >= 0.6 is 0 Å². The van der Waals surface area contributed by atoms with Crippen molar-refractivity contribution < 1.29 is 27.8 Å². The van der Waals surface area contributed by atoms with Gasteiger partial charge in [-0.1, -0.05) is 60.4 Å². The molecule has 0 bridgehead atoms. The maximum Gasteiger partial charge on any atom is 0.490 e. The molecule has 0 spiro atoms. The van der Waals surface area contributed by atoms with E-state index in [-0.39, 0.29) is 0 Å². The zero-order valence-corrected chi connectivity index (χ0v) is 23.6. The second-order valence-electron chi connectivity index (χ2n) is 10.5. The van der Waals surface area contributed by atoms with Crippen molar-refractivity contribution in [3.05, 3.63) is 95.1 Å². The monoisotopic (exact) mass is 588 g/mol. The van der Waals surface area contributed by atoms with Gasteiger partial charge in [0.25, 0.3) is 0 Å². The highest BCUT2D eigenvalue weighted by Gasteiger charge is 2.38. The summed E-state index contributed by atoms with van der Waals surface area (Å²) in [5, 5.41) is 15.1. The number of alkyl halides is 3. The van der Waals surface area contributed by atoms with Crippen LogP contribution in [0.4, 0.5) is 13.2 Å². The first kappa shape index (κ1) is 29.9. The maximum atomic E-state index is 10.6. The summed E-state index contributed by atoms with van der Waals surface area (Å²) in [6.45, 7) is 5.95. The van der Waals surface area contributed by atoms with E-state index in [0.717, 1.165) is 67.4 Å². The number of para-hydroxylation sites is 1. The Kier molecular flexibility index (Phi) is 9.14. The number of likely N-dealkylation sites (N-methyl/N-ethyl adjacent to an activating group) is 1. The molecule has 2 heterocycles. The highest BCUT2D eigenvalue weighted by atomic mass is 19.4. The lowest BCUT2D eigenvalue weighted by molar-refractivity contribution is -0.192. The van der Waals surface area contributed by atoms with Crippen LogP contribution in [0.15, 0.2) is 72.8 Å². The second-order valence-corrected chi connectivity index (χ2v) is 10.5. The minimum absolute atomic E-state index is 0.359. The second kappa shape index (κ2) is 13.2. The number of carboxylic acids is 1. The molecule has 3 aromatic carbocycles. The van der Waals surface area contributed by atoms with E-state index >= 15 is 0 Å². The first-order valence-electron chi connectivity index (χ1n) is 13.8.